The van der Waals surface area contributed by atoms with E-state index in [0.717, 1.165) is 39.9 Å². The summed E-state index contributed by atoms with van der Waals surface area (Å²) in [4.78, 5) is 8.48. The van der Waals surface area contributed by atoms with Gasteiger partial charge in [-0.15, -0.1) is 0 Å². The number of hydrogen-bond acceptors (Lipinski definition) is 2. The highest BCUT2D eigenvalue weighted by molar-refractivity contribution is 5.91. The van der Waals surface area contributed by atoms with E-state index in [4.69, 9.17) is 0 Å². The molecular formula is C28H16F6N2. The Hall–Kier alpha value is -4.20. The first kappa shape index (κ1) is 23.5. The van der Waals surface area contributed by atoms with Crippen LogP contribution in [0.3, 0.4) is 0 Å². The minimum absolute atomic E-state index is 0.130. The number of pyridine rings is 2. The van der Waals surface area contributed by atoms with Crippen molar-refractivity contribution in [3.8, 4) is 33.5 Å². The number of hydrogen-bond donors (Lipinski definition) is 0. The molecule has 2 heterocycles. The van der Waals surface area contributed by atoms with Crippen LogP contribution in [0.4, 0.5) is 26.3 Å². The van der Waals surface area contributed by atoms with Gasteiger partial charge in [0.15, 0.2) is 0 Å². The molecule has 0 spiro atoms. The molecule has 8 heteroatoms. The topological polar surface area (TPSA) is 25.8 Å². The lowest BCUT2D eigenvalue weighted by atomic mass is 9.95. The lowest BCUT2D eigenvalue weighted by Crippen LogP contribution is -2.11. The van der Waals surface area contributed by atoms with Crippen molar-refractivity contribution in [2.75, 3.05) is 0 Å². The van der Waals surface area contributed by atoms with Crippen LogP contribution in [0.5, 0.6) is 0 Å². The van der Waals surface area contributed by atoms with Crippen molar-refractivity contribution in [2.45, 2.75) is 12.4 Å². The van der Waals surface area contributed by atoms with Crippen molar-refractivity contribution in [2.24, 2.45) is 0 Å². The van der Waals surface area contributed by atoms with Gasteiger partial charge in [0.05, 0.1) is 16.8 Å². The molecule has 0 saturated heterocycles. The van der Waals surface area contributed by atoms with Crippen molar-refractivity contribution in [1.29, 1.82) is 0 Å². The molecule has 36 heavy (non-hydrogen) atoms. The maximum atomic E-state index is 13.3. The quantitative estimate of drug-likeness (QED) is 0.235. The van der Waals surface area contributed by atoms with E-state index in [0.29, 0.717) is 5.39 Å². The zero-order valence-electron chi connectivity index (χ0n) is 18.4. The van der Waals surface area contributed by atoms with Gasteiger partial charge in [-0.3, -0.25) is 9.97 Å². The molecule has 0 radical (unpaired) electrons. The molecule has 2 nitrogen and oxygen atoms in total. The van der Waals surface area contributed by atoms with E-state index in [1.807, 2.05) is 42.5 Å². The fraction of sp³-hybridized carbons (Fsp3) is 0.0714. The maximum absolute atomic E-state index is 13.3. The van der Waals surface area contributed by atoms with Crippen molar-refractivity contribution >= 4 is 10.8 Å². The van der Waals surface area contributed by atoms with Crippen LogP contribution in [0.15, 0.2) is 97.5 Å². The lowest BCUT2D eigenvalue weighted by Gasteiger charge is -2.15. The summed E-state index contributed by atoms with van der Waals surface area (Å²) < 4.78 is 79.8. The fourth-order valence-corrected chi connectivity index (χ4v) is 3.99. The molecule has 0 amide bonds. The Morgan fingerprint density at radius 1 is 0.472 bits per heavy atom. The molecule has 0 fully saturated rings. The molecule has 0 saturated carbocycles. The SMILES string of the molecule is FC(F)(F)c1cc(-c2ccc3ccc(-c4ccc(-c5ccncc5)nc4)cc3c2)cc(C(F)(F)F)c1. The van der Waals surface area contributed by atoms with Crippen molar-refractivity contribution < 1.29 is 26.3 Å². The van der Waals surface area contributed by atoms with Crippen LogP contribution in [0, 0.1) is 0 Å². The Morgan fingerprint density at radius 2 is 1.03 bits per heavy atom. The van der Waals surface area contributed by atoms with E-state index in [1.165, 1.54) is 6.07 Å². The smallest absolute Gasteiger partial charge is 0.265 e. The lowest BCUT2D eigenvalue weighted by molar-refractivity contribution is -0.143. The van der Waals surface area contributed by atoms with Gasteiger partial charge in [0, 0.05) is 29.7 Å². The number of nitrogens with zero attached hydrogens (tertiary/aromatic N) is 2. The molecule has 2 aromatic heterocycles. The van der Waals surface area contributed by atoms with Gasteiger partial charge < -0.3 is 0 Å². The van der Waals surface area contributed by atoms with Crippen LogP contribution in [0.1, 0.15) is 11.1 Å². The van der Waals surface area contributed by atoms with Crippen LogP contribution < -0.4 is 0 Å². The third-order valence-electron chi connectivity index (χ3n) is 5.83. The average Bonchev–Trinajstić information content (AvgIpc) is 2.87. The molecule has 0 bridgehead atoms. The zero-order chi connectivity index (χ0) is 25.5. The maximum Gasteiger partial charge on any atom is 0.416 e. The van der Waals surface area contributed by atoms with Gasteiger partial charge in [-0.1, -0.05) is 30.3 Å². The largest absolute Gasteiger partial charge is 0.416 e. The monoisotopic (exact) mass is 494 g/mol. The Balaban J connectivity index is 1.55. The Labute approximate surface area is 201 Å². The first-order valence-corrected chi connectivity index (χ1v) is 10.8. The second kappa shape index (κ2) is 8.78. The van der Waals surface area contributed by atoms with Crippen LogP contribution in [-0.2, 0) is 12.4 Å². The minimum Gasteiger partial charge on any atom is -0.265 e. The number of rotatable bonds is 3. The molecule has 0 aliphatic rings. The van der Waals surface area contributed by atoms with Crippen LogP contribution >= 0.6 is 0 Å². The minimum atomic E-state index is -4.91. The van der Waals surface area contributed by atoms with E-state index in [1.54, 1.807) is 30.7 Å². The number of alkyl halides is 6. The van der Waals surface area contributed by atoms with E-state index in [9.17, 15) is 26.3 Å². The molecule has 0 unspecified atom stereocenters. The normalized spacial score (nSPS) is 12.2. The van der Waals surface area contributed by atoms with Crippen LogP contribution in [0.2, 0.25) is 0 Å². The highest BCUT2D eigenvalue weighted by Gasteiger charge is 2.37. The molecule has 0 aliphatic heterocycles. The van der Waals surface area contributed by atoms with E-state index < -0.39 is 23.5 Å². The first-order valence-electron chi connectivity index (χ1n) is 10.8. The molecule has 0 atom stereocenters. The third-order valence-corrected chi connectivity index (χ3v) is 5.83. The standard InChI is InChI=1S/C28H16F6N2/c29-27(30,31)24-13-23(14-25(15-24)28(32,33)34)20-4-2-17-1-3-19(11-22(17)12-20)21-5-6-26(36-16-21)18-7-9-35-10-8-18/h1-16H. The zero-order valence-corrected chi connectivity index (χ0v) is 18.4. The number of benzene rings is 3. The second-order valence-corrected chi connectivity index (χ2v) is 8.24. The highest BCUT2D eigenvalue weighted by Crippen LogP contribution is 2.39. The Bertz CT molecular complexity index is 1510. The van der Waals surface area contributed by atoms with Crippen LogP contribution in [0.25, 0.3) is 44.3 Å². The van der Waals surface area contributed by atoms with Crippen molar-refractivity contribution in [3.05, 3.63) is 109 Å². The Kier molecular flexibility index (Phi) is 5.74. The summed E-state index contributed by atoms with van der Waals surface area (Å²) in [6, 6.07) is 19.4. The third kappa shape index (κ3) is 4.79. The molecule has 5 rings (SSSR count). The average molecular weight is 494 g/mol. The van der Waals surface area contributed by atoms with Crippen molar-refractivity contribution in [3.63, 3.8) is 0 Å². The summed E-state index contributed by atoms with van der Waals surface area (Å²) in [6.07, 6.45) is -4.75. The van der Waals surface area contributed by atoms with E-state index in [-0.39, 0.29) is 17.2 Å². The summed E-state index contributed by atoms with van der Waals surface area (Å²) in [5, 5.41) is 1.47. The predicted octanol–water partition coefficient (Wildman–Crippen LogP) is 8.67. The van der Waals surface area contributed by atoms with E-state index >= 15 is 0 Å². The van der Waals surface area contributed by atoms with Gasteiger partial charge in [-0.25, -0.2) is 0 Å². The molecule has 180 valence electrons. The van der Waals surface area contributed by atoms with Gasteiger partial charge in [0.2, 0.25) is 0 Å². The van der Waals surface area contributed by atoms with Crippen molar-refractivity contribution in [1.82, 2.24) is 9.97 Å². The van der Waals surface area contributed by atoms with Gasteiger partial charge in [0.1, 0.15) is 0 Å². The highest BCUT2D eigenvalue weighted by atomic mass is 19.4. The van der Waals surface area contributed by atoms with Gasteiger partial charge >= 0.3 is 12.4 Å². The molecule has 5 aromatic rings. The summed E-state index contributed by atoms with van der Waals surface area (Å²) in [7, 11) is 0. The number of aromatic nitrogens is 2. The predicted molar refractivity (Wildman–Crippen MR) is 126 cm³/mol. The Morgan fingerprint density at radius 3 is 1.56 bits per heavy atom. The van der Waals surface area contributed by atoms with E-state index in [2.05, 4.69) is 9.97 Å². The summed E-state index contributed by atoms with van der Waals surface area (Å²) >= 11 is 0. The van der Waals surface area contributed by atoms with Gasteiger partial charge in [-0.05, 0) is 76.0 Å². The molecular weight excluding hydrogens is 478 g/mol. The van der Waals surface area contributed by atoms with Crippen LogP contribution in [-0.4, -0.2) is 9.97 Å². The molecule has 0 aliphatic carbocycles. The number of halogens is 6. The summed E-state index contributed by atoms with van der Waals surface area (Å²) in [5.74, 6) is 0. The first-order chi connectivity index (χ1) is 17.1. The molecule has 3 aromatic carbocycles. The second-order valence-electron chi connectivity index (χ2n) is 8.24. The number of fused-ring (bicyclic) bond motifs is 1. The molecule has 0 N–H and O–H groups in total. The fourth-order valence-electron chi connectivity index (χ4n) is 3.99. The van der Waals surface area contributed by atoms with Gasteiger partial charge in [-0.2, -0.15) is 26.3 Å². The summed E-state index contributed by atoms with van der Waals surface area (Å²) in [5.41, 5.74) is 0.721. The summed E-state index contributed by atoms with van der Waals surface area (Å²) in [6.45, 7) is 0. The van der Waals surface area contributed by atoms with Gasteiger partial charge in [0.25, 0.3) is 0 Å².